The van der Waals surface area contributed by atoms with Gasteiger partial charge in [-0.25, -0.2) is 9.37 Å². The molecule has 1 aliphatic rings. The molecule has 23 heavy (non-hydrogen) atoms. The van der Waals surface area contributed by atoms with Gasteiger partial charge in [0.25, 0.3) is 0 Å². The van der Waals surface area contributed by atoms with E-state index in [1.54, 1.807) is 6.07 Å². The molecule has 0 spiro atoms. The average Bonchev–Trinajstić information content (AvgIpc) is 2.94. The molecule has 0 fully saturated rings. The van der Waals surface area contributed by atoms with Crippen LogP contribution in [0.15, 0.2) is 48.6 Å². The minimum Gasteiger partial charge on any atom is -0.300 e. The van der Waals surface area contributed by atoms with Crippen molar-refractivity contribution < 1.29 is 12.6 Å². The van der Waals surface area contributed by atoms with E-state index in [1.165, 1.54) is 36.4 Å². The Kier molecular flexibility index (Phi) is 2.19. The second-order valence-corrected chi connectivity index (χ2v) is 5.59. The van der Waals surface area contributed by atoms with E-state index in [2.05, 4.69) is 10.3 Å². The van der Waals surface area contributed by atoms with E-state index in [0.29, 0.717) is 10.6 Å². The third-order valence-corrected chi connectivity index (χ3v) is 4.03. The molecule has 1 N–H and O–H groups in total. The number of fused-ring (bicyclic) bond motifs is 3. The highest BCUT2D eigenvalue weighted by Crippen LogP contribution is 2.34. The molecule has 1 aromatic heterocycles. The zero-order valence-corrected chi connectivity index (χ0v) is 12.5. The first-order valence-electron chi connectivity index (χ1n) is 9.93. The van der Waals surface area contributed by atoms with Gasteiger partial charge in [-0.05, 0) is 36.7 Å². The molecule has 1 atom stereocenters. The Morgan fingerprint density at radius 2 is 2.26 bits per heavy atom. The first-order chi connectivity index (χ1) is 13.5. The first kappa shape index (κ1) is 9.21. The molecule has 116 valence electrons. The fourth-order valence-electron chi connectivity index (χ4n) is 2.76. The van der Waals surface area contributed by atoms with E-state index in [1.807, 2.05) is 0 Å². The van der Waals surface area contributed by atoms with Gasteiger partial charge in [0, 0.05) is 23.9 Å². The number of imidazole rings is 1. The number of benzene rings is 2. The zero-order valence-electron chi connectivity index (χ0n) is 17.8. The molecular weight excluding hydrogens is 313 g/mol. The lowest BCUT2D eigenvalue weighted by Gasteiger charge is -2.20. The Morgan fingerprint density at radius 3 is 3.09 bits per heavy atom. The molecule has 5 heteroatoms. The van der Waals surface area contributed by atoms with Gasteiger partial charge in [-0.3, -0.25) is 4.57 Å². The predicted molar refractivity (Wildman–Crippen MR) is 88.4 cm³/mol. The topological polar surface area (TPSA) is 29.9 Å². The molecule has 2 heterocycles. The Bertz CT molecular complexity index is 1110. The van der Waals surface area contributed by atoms with Crippen LogP contribution in [-0.4, -0.2) is 9.55 Å². The van der Waals surface area contributed by atoms with Gasteiger partial charge in [0.1, 0.15) is 11.6 Å². The summed E-state index contributed by atoms with van der Waals surface area (Å²) in [5.41, 5.74) is 0.531. The van der Waals surface area contributed by atoms with Gasteiger partial charge in [-0.2, -0.15) is 0 Å². The van der Waals surface area contributed by atoms with Crippen LogP contribution in [0.3, 0.4) is 0 Å². The van der Waals surface area contributed by atoms with Crippen molar-refractivity contribution >= 4 is 11.6 Å². The van der Waals surface area contributed by atoms with Crippen LogP contribution in [0.5, 0.6) is 0 Å². The number of nitrogens with zero attached hydrogens (tertiary/aromatic N) is 2. The minimum absolute atomic E-state index is 0.167. The summed E-state index contributed by atoms with van der Waals surface area (Å²) in [5.74, 6) is -1.00. The molecule has 0 radical (unpaired) electrons. The largest absolute Gasteiger partial charge is 0.300 e. The number of halogens is 2. The lowest BCUT2D eigenvalue weighted by Crippen LogP contribution is -2.21. The maximum absolute atomic E-state index is 14.6. The van der Waals surface area contributed by atoms with Crippen LogP contribution in [0, 0.1) is 12.7 Å². The lowest BCUT2D eigenvalue weighted by atomic mass is 9.97. The molecule has 0 saturated heterocycles. The maximum atomic E-state index is 14.6. The molecule has 3 nitrogen and oxygen atoms in total. The maximum Gasteiger partial charge on any atom is 0.128 e. The van der Waals surface area contributed by atoms with Crippen LogP contribution in [0.1, 0.15) is 36.9 Å². The highest BCUT2D eigenvalue weighted by Gasteiger charge is 2.26. The fourth-order valence-corrected chi connectivity index (χ4v) is 2.94. The summed E-state index contributed by atoms with van der Waals surface area (Å²) >= 11 is 6.17. The van der Waals surface area contributed by atoms with Gasteiger partial charge in [0.15, 0.2) is 0 Å². The van der Waals surface area contributed by atoms with Crippen LogP contribution >= 0.6 is 11.6 Å². The van der Waals surface area contributed by atoms with Crippen molar-refractivity contribution in [3.8, 4) is 5.69 Å². The third-order valence-electron chi connectivity index (χ3n) is 3.80. The standard InChI is InChI=1S/C18H15ClFN3/c1-11-21-9-13-10-22-18(14-4-2-3-5-16(14)20)15-8-12(19)6-7-17(15)23(11)13/h2-9,18,22H,10H2,1H3/i1D3,9D,10D2. The van der Waals surface area contributed by atoms with E-state index >= 15 is 0 Å². The number of rotatable bonds is 1. The molecule has 2 aromatic carbocycles. The SMILES string of the molecule is [2H]c1nc(C([2H])([2H])[2H])n2c1C([2H])([2H])NC(c1ccccc1F)c1cc(Cl)ccc1-2. The van der Waals surface area contributed by atoms with Crippen LogP contribution in [0.25, 0.3) is 5.69 Å². The number of hydrogen-bond acceptors (Lipinski definition) is 2. The van der Waals surface area contributed by atoms with Gasteiger partial charge in [-0.15, -0.1) is 0 Å². The molecule has 0 saturated carbocycles. The van der Waals surface area contributed by atoms with Crippen molar-refractivity contribution in [2.75, 3.05) is 0 Å². The van der Waals surface area contributed by atoms with Crippen LogP contribution < -0.4 is 5.32 Å². The van der Waals surface area contributed by atoms with Crippen molar-refractivity contribution in [3.63, 3.8) is 0 Å². The van der Waals surface area contributed by atoms with Crippen LogP contribution in [0.2, 0.25) is 5.02 Å². The van der Waals surface area contributed by atoms with Gasteiger partial charge in [0.05, 0.1) is 25.0 Å². The molecule has 0 amide bonds. The number of hydrogen-bond donors (Lipinski definition) is 1. The molecule has 1 unspecified atom stereocenters. The summed E-state index contributed by atoms with van der Waals surface area (Å²) in [7, 11) is 0. The lowest BCUT2D eigenvalue weighted by molar-refractivity contribution is 0.551. The summed E-state index contributed by atoms with van der Waals surface area (Å²) in [6, 6.07) is 9.50. The molecule has 1 aliphatic heterocycles. The highest BCUT2D eigenvalue weighted by molar-refractivity contribution is 6.30. The number of aryl methyl sites for hydroxylation is 1. The van der Waals surface area contributed by atoms with Gasteiger partial charge < -0.3 is 5.32 Å². The van der Waals surface area contributed by atoms with Crippen molar-refractivity contribution in [3.05, 3.63) is 82.1 Å². The van der Waals surface area contributed by atoms with E-state index in [-0.39, 0.29) is 16.9 Å². The molecule has 0 bridgehead atoms. The summed E-state index contributed by atoms with van der Waals surface area (Å²) in [6.07, 6.45) is -0.510. The van der Waals surface area contributed by atoms with E-state index in [4.69, 9.17) is 19.8 Å². The second kappa shape index (κ2) is 5.48. The second-order valence-electron chi connectivity index (χ2n) is 5.16. The Morgan fingerprint density at radius 1 is 1.39 bits per heavy atom. The monoisotopic (exact) mass is 333 g/mol. The molecule has 3 aromatic rings. The van der Waals surface area contributed by atoms with Crippen molar-refractivity contribution in [2.24, 2.45) is 0 Å². The van der Waals surface area contributed by atoms with Crippen molar-refractivity contribution in [1.29, 1.82) is 0 Å². The highest BCUT2D eigenvalue weighted by atomic mass is 35.5. The number of aromatic nitrogens is 2. The quantitative estimate of drug-likeness (QED) is 0.724. The first-order valence-corrected chi connectivity index (χ1v) is 7.31. The summed E-state index contributed by atoms with van der Waals surface area (Å²) < 4.78 is 64.3. The van der Waals surface area contributed by atoms with Crippen molar-refractivity contribution in [1.82, 2.24) is 14.9 Å². The molecular formula is C18H15ClFN3. The minimum atomic E-state index is -2.70. The Balaban J connectivity index is 2.10. The summed E-state index contributed by atoms with van der Waals surface area (Å²) in [6.45, 7) is -5.08. The molecule has 0 aliphatic carbocycles. The Labute approximate surface area is 147 Å². The Hall–Kier alpha value is -2.17. The van der Waals surface area contributed by atoms with Crippen molar-refractivity contribution in [2.45, 2.75) is 19.4 Å². The average molecular weight is 334 g/mol. The third kappa shape index (κ3) is 2.35. The van der Waals surface area contributed by atoms with Crippen LogP contribution in [-0.2, 0) is 6.50 Å². The van der Waals surface area contributed by atoms with Gasteiger partial charge >= 0.3 is 0 Å². The van der Waals surface area contributed by atoms with E-state index in [0.717, 1.165) is 4.57 Å². The van der Waals surface area contributed by atoms with Gasteiger partial charge in [-0.1, -0.05) is 29.8 Å². The summed E-state index contributed by atoms with van der Waals surface area (Å²) in [5, 5.41) is 3.04. The smallest absolute Gasteiger partial charge is 0.128 e. The number of nitrogens with one attached hydrogen (secondary N) is 1. The van der Waals surface area contributed by atoms with Crippen LogP contribution in [0.4, 0.5) is 4.39 Å². The zero-order chi connectivity index (χ0) is 21.1. The summed E-state index contributed by atoms with van der Waals surface area (Å²) in [4.78, 5) is 3.82. The predicted octanol–water partition coefficient (Wildman–Crippen LogP) is 4.17. The molecule has 4 rings (SSSR count). The van der Waals surface area contributed by atoms with Gasteiger partial charge in [0.2, 0.25) is 0 Å². The fraction of sp³-hybridized carbons (Fsp3) is 0.167. The normalized spacial score (nSPS) is 23.1. The van der Waals surface area contributed by atoms with E-state index < -0.39 is 37.2 Å². The van der Waals surface area contributed by atoms with E-state index in [9.17, 15) is 4.39 Å².